The minimum atomic E-state index is 0.208. The number of nitrogens with zero attached hydrogens (tertiary/aromatic N) is 3. The molecule has 2 aliphatic rings. The molecule has 1 aliphatic heterocycles. The van der Waals surface area contributed by atoms with Gasteiger partial charge in [0.25, 0.3) is 0 Å². The molecule has 21 heavy (non-hydrogen) atoms. The number of carbonyl (C=O) groups excluding carboxylic acids is 1. The molecule has 2 heterocycles. The summed E-state index contributed by atoms with van der Waals surface area (Å²) in [5, 5.41) is 3.91. The maximum Gasteiger partial charge on any atom is 0.236 e. The first-order valence-corrected chi connectivity index (χ1v) is 7.95. The van der Waals surface area contributed by atoms with E-state index in [1.54, 1.807) is 6.20 Å². The van der Waals surface area contributed by atoms with E-state index >= 15 is 0 Å². The second-order valence-electron chi connectivity index (χ2n) is 5.78. The Labute approximate surface area is 130 Å². The highest BCUT2D eigenvalue weighted by Gasteiger charge is 2.23. The minimum absolute atomic E-state index is 0.208. The van der Waals surface area contributed by atoms with E-state index in [2.05, 4.69) is 15.2 Å². The molecule has 0 unspecified atom stereocenters. The second kappa shape index (κ2) is 6.62. The maximum atomic E-state index is 12.1. The smallest absolute Gasteiger partial charge is 0.236 e. The lowest BCUT2D eigenvalue weighted by molar-refractivity contribution is -0.130. The van der Waals surface area contributed by atoms with E-state index in [1.807, 2.05) is 17.0 Å². The highest BCUT2D eigenvalue weighted by atomic mass is 35.5. The number of aromatic nitrogens is 1. The molecule has 5 nitrogen and oxygen atoms in total. The quantitative estimate of drug-likeness (QED) is 0.893. The van der Waals surface area contributed by atoms with Crippen LogP contribution in [0.15, 0.2) is 18.3 Å². The summed E-state index contributed by atoms with van der Waals surface area (Å²) in [7, 11) is 0. The molecular weight excluding hydrogens is 288 g/mol. The molecule has 1 aromatic heterocycles. The van der Waals surface area contributed by atoms with Gasteiger partial charge in [-0.3, -0.25) is 4.79 Å². The van der Waals surface area contributed by atoms with E-state index in [0.29, 0.717) is 11.6 Å². The van der Waals surface area contributed by atoms with Crippen molar-refractivity contribution in [3.8, 4) is 0 Å². The average molecular weight is 309 g/mol. The van der Waals surface area contributed by atoms with Crippen LogP contribution in [0.2, 0.25) is 5.02 Å². The summed E-state index contributed by atoms with van der Waals surface area (Å²) >= 11 is 5.85. The molecule has 2 fully saturated rings. The number of hydrogen-bond donors (Lipinski definition) is 1. The summed E-state index contributed by atoms with van der Waals surface area (Å²) in [6.45, 7) is 4.62. The number of nitrogens with one attached hydrogen (secondary N) is 1. The van der Waals surface area contributed by atoms with Crippen LogP contribution in [0.25, 0.3) is 0 Å². The van der Waals surface area contributed by atoms with E-state index in [9.17, 15) is 4.79 Å². The molecule has 0 radical (unpaired) electrons. The van der Waals surface area contributed by atoms with Crippen LogP contribution in [-0.4, -0.2) is 55.1 Å². The minimum Gasteiger partial charge on any atom is -0.353 e. The summed E-state index contributed by atoms with van der Waals surface area (Å²) in [5.41, 5.74) is 0. The predicted octanol–water partition coefficient (Wildman–Crippen LogP) is 1.38. The lowest BCUT2D eigenvalue weighted by Crippen LogP contribution is -2.51. The van der Waals surface area contributed by atoms with Crippen molar-refractivity contribution in [1.29, 1.82) is 0 Å². The number of halogens is 1. The summed E-state index contributed by atoms with van der Waals surface area (Å²) in [6.07, 6.45) is 4.29. The van der Waals surface area contributed by atoms with Crippen molar-refractivity contribution >= 4 is 23.3 Å². The van der Waals surface area contributed by atoms with Gasteiger partial charge in [0.1, 0.15) is 5.82 Å². The summed E-state index contributed by atoms with van der Waals surface area (Å²) in [6, 6.07) is 3.78. The predicted molar refractivity (Wildman–Crippen MR) is 83.6 cm³/mol. The zero-order chi connectivity index (χ0) is 14.7. The number of anilines is 1. The fourth-order valence-corrected chi connectivity index (χ4v) is 2.67. The monoisotopic (exact) mass is 308 g/mol. The van der Waals surface area contributed by atoms with Crippen molar-refractivity contribution in [2.45, 2.75) is 12.8 Å². The lowest BCUT2D eigenvalue weighted by Gasteiger charge is -2.35. The highest BCUT2D eigenvalue weighted by molar-refractivity contribution is 6.30. The van der Waals surface area contributed by atoms with Crippen molar-refractivity contribution in [3.05, 3.63) is 23.4 Å². The number of pyridine rings is 1. The number of carbonyl (C=O) groups is 1. The maximum absolute atomic E-state index is 12.1. The Morgan fingerprint density at radius 2 is 2.05 bits per heavy atom. The third-order valence-electron chi connectivity index (χ3n) is 4.07. The number of piperazine rings is 1. The Hall–Kier alpha value is -1.33. The molecule has 1 saturated heterocycles. The van der Waals surface area contributed by atoms with E-state index in [-0.39, 0.29) is 5.91 Å². The lowest BCUT2D eigenvalue weighted by atomic mass is 10.3. The molecule has 6 heteroatoms. The molecule has 1 amide bonds. The van der Waals surface area contributed by atoms with E-state index < -0.39 is 0 Å². The normalized spacial score (nSPS) is 18.9. The van der Waals surface area contributed by atoms with Crippen LogP contribution >= 0.6 is 11.6 Å². The van der Waals surface area contributed by atoms with Crippen LogP contribution in [0.3, 0.4) is 0 Å². The zero-order valence-electron chi connectivity index (χ0n) is 12.1. The molecule has 114 valence electrons. The van der Waals surface area contributed by atoms with Gasteiger partial charge in [-0.25, -0.2) is 4.98 Å². The van der Waals surface area contributed by atoms with Crippen LogP contribution in [0, 0.1) is 5.92 Å². The Morgan fingerprint density at radius 1 is 1.29 bits per heavy atom. The fraction of sp³-hybridized carbons (Fsp3) is 0.600. The van der Waals surface area contributed by atoms with Gasteiger partial charge in [0.2, 0.25) is 5.91 Å². The van der Waals surface area contributed by atoms with E-state index in [0.717, 1.165) is 44.5 Å². The fourth-order valence-electron chi connectivity index (χ4n) is 2.56. The Kier molecular flexibility index (Phi) is 4.60. The Morgan fingerprint density at radius 3 is 2.67 bits per heavy atom. The average Bonchev–Trinajstić information content (AvgIpc) is 3.32. The van der Waals surface area contributed by atoms with Gasteiger partial charge in [-0.15, -0.1) is 0 Å². The summed E-state index contributed by atoms with van der Waals surface area (Å²) < 4.78 is 0. The van der Waals surface area contributed by atoms with Crippen molar-refractivity contribution in [1.82, 2.24) is 15.2 Å². The first kappa shape index (κ1) is 14.6. The van der Waals surface area contributed by atoms with Gasteiger partial charge >= 0.3 is 0 Å². The molecule has 0 bridgehead atoms. The third-order valence-corrected chi connectivity index (χ3v) is 4.30. The van der Waals surface area contributed by atoms with Gasteiger partial charge < -0.3 is 15.1 Å². The molecule has 0 aromatic carbocycles. The molecule has 1 aromatic rings. The SMILES string of the molecule is O=C(CNCC1CC1)N1CCN(c2ccc(Cl)cn2)CC1. The number of hydrogen-bond acceptors (Lipinski definition) is 4. The topological polar surface area (TPSA) is 48.5 Å². The van der Waals surface area contributed by atoms with Crippen LogP contribution in [0.5, 0.6) is 0 Å². The molecule has 1 aliphatic carbocycles. The second-order valence-corrected chi connectivity index (χ2v) is 6.21. The first-order valence-electron chi connectivity index (χ1n) is 7.57. The standard InChI is InChI=1S/C15H21ClN4O/c16-13-3-4-14(18-10-13)19-5-7-20(8-6-19)15(21)11-17-9-12-1-2-12/h3-4,10,12,17H,1-2,5-9,11H2. The Bertz CT molecular complexity index is 481. The molecule has 0 atom stereocenters. The Balaban J connectivity index is 1.43. The summed E-state index contributed by atoms with van der Waals surface area (Å²) in [4.78, 5) is 20.6. The molecular formula is C15H21ClN4O. The van der Waals surface area contributed by atoms with Crippen LogP contribution in [0.4, 0.5) is 5.82 Å². The largest absolute Gasteiger partial charge is 0.353 e. The van der Waals surface area contributed by atoms with Crippen molar-refractivity contribution in [2.24, 2.45) is 5.92 Å². The van der Waals surface area contributed by atoms with Crippen LogP contribution in [0.1, 0.15) is 12.8 Å². The van der Waals surface area contributed by atoms with Gasteiger partial charge in [-0.2, -0.15) is 0 Å². The van der Waals surface area contributed by atoms with Gasteiger partial charge in [-0.1, -0.05) is 11.6 Å². The molecule has 3 rings (SSSR count). The van der Waals surface area contributed by atoms with Crippen molar-refractivity contribution in [3.63, 3.8) is 0 Å². The number of amides is 1. The molecule has 0 spiro atoms. The van der Waals surface area contributed by atoms with Gasteiger partial charge in [0, 0.05) is 32.4 Å². The van der Waals surface area contributed by atoms with Crippen molar-refractivity contribution in [2.75, 3.05) is 44.2 Å². The zero-order valence-corrected chi connectivity index (χ0v) is 12.9. The van der Waals surface area contributed by atoms with Crippen LogP contribution in [-0.2, 0) is 4.79 Å². The third kappa shape index (κ3) is 4.08. The van der Waals surface area contributed by atoms with Gasteiger partial charge in [0.05, 0.1) is 11.6 Å². The summed E-state index contributed by atoms with van der Waals surface area (Å²) in [5.74, 6) is 1.95. The van der Waals surface area contributed by atoms with Gasteiger partial charge in [-0.05, 0) is 37.4 Å². The van der Waals surface area contributed by atoms with Crippen LogP contribution < -0.4 is 10.2 Å². The highest BCUT2D eigenvalue weighted by Crippen LogP contribution is 2.27. The molecule has 1 saturated carbocycles. The van der Waals surface area contributed by atoms with E-state index in [4.69, 9.17) is 11.6 Å². The number of rotatable bonds is 5. The first-order chi connectivity index (χ1) is 10.2. The van der Waals surface area contributed by atoms with E-state index in [1.165, 1.54) is 12.8 Å². The molecule has 1 N–H and O–H groups in total. The van der Waals surface area contributed by atoms with Gasteiger partial charge in [0.15, 0.2) is 0 Å². The van der Waals surface area contributed by atoms with Crippen molar-refractivity contribution < 1.29 is 4.79 Å².